The monoisotopic (exact) mass is 279 g/mol. The van der Waals surface area contributed by atoms with Gasteiger partial charge in [-0.15, -0.1) is 0 Å². The third kappa shape index (κ3) is 1.57. The second-order valence-corrected chi connectivity index (χ2v) is 5.29. The number of hydrogen-bond acceptors (Lipinski definition) is 2. The average Bonchev–Trinajstić information content (AvgIpc) is 2.87. The SMILES string of the molecule is Cn1c(C2CCNC2)cc2ncc(Br)cc21. The van der Waals surface area contributed by atoms with E-state index < -0.39 is 0 Å². The van der Waals surface area contributed by atoms with Crippen molar-refractivity contribution < 1.29 is 0 Å². The third-order valence-electron chi connectivity index (χ3n) is 3.38. The van der Waals surface area contributed by atoms with Gasteiger partial charge >= 0.3 is 0 Å². The maximum Gasteiger partial charge on any atom is 0.0884 e. The van der Waals surface area contributed by atoms with Gasteiger partial charge in [-0.3, -0.25) is 4.98 Å². The van der Waals surface area contributed by atoms with Crippen molar-refractivity contribution in [3.05, 3.63) is 28.5 Å². The van der Waals surface area contributed by atoms with Crippen LogP contribution in [0.3, 0.4) is 0 Å². The number of nitrogens with zero attached hydrogens (tertiary/aromatic N) is 2. The van der Waals surface area contributed by atoms with E-state index in [0.29, 0.717) is 5.92 Å². The van der Waals surface area contributed by atoms with Crippen LogP contribution in [0.5, 0.6) is 0 Å². The molecule has 1 unspecified atom stereocenters. The Labute approximate surface area is 103 Å². The van der Waals surface area contributed by atoms with Crippen molar-refractivity contribution in [3.63, 3.8) is 0 Å². The summed E-state index contributed by atoms with van der Waals surface area (Å²) in [5.41, 5.74) is 3.69. The molecule has 0 radical (unpaired) electrons. The molecule has 0 aliphatic carbocycles. The van der Waals surface area contributed by atoms with Crippen LogP contribution >= 0.6 is 15.9 Å². The van der Waals surface area contributed by atoms with Crippen LogP contribution in [0.1, 0.15) is 18.0 Å². The standard InChI is InChI=1S/C12H14BrN3/c1-16-11(8-2-3-14-6-8)5-10-12(16)4-9(13)7-15-10/h4-5,7-8,14H,2-3,6H2,1H3. The third-order valence-corrected chi connectivity index (χ3v) is 3.81. The van der Waals surface area contributed by atoms with Gasteiger partial charge in [0.15, 0.2) is 0 Å². The zero-order valence-electron chi connectivity index (χ0n) is 9.20. The molecular formula is C12H14BrN3. The zero-order valence-corrected chi connectivity index (χ0v) is 10.8. The van der Waals surface area contributed by atoms with Gasteiger partial charge in [0.05, 0.1) is 11.0 Å². The Balaban J connectivity index is 2.15. The first-order chi connectivity index (χ1) is 7.75. The lowest BCUT2D eigenvalue weighted by atomic mass is 10.1. The van der Waals surface area contributed by atoms with E-state index >= 15 is 0 Å². The van der Waals surface area contributed by atoms with Crippen molar-refractivity contribution in [2.45, 2.75) is 12.3 Å². The molecule has 1 aliphatic heterocycles. The largest absolute Gasteiger partial charge is 0.346 e. The molecule has 1 aliphatic rings. The molecular weight excluding hydrogens is 266 g/mol. The Bertz CT molecular complexity index is 526. The van der Waals surface area contributed by atoms with Crippen LogP contribution in [0.25, 0.3) is 11.0 Å². The van der Waals surface area contributed by atoms with Gasteiger partial charge in [0.25, 0.3) is 0 Å². The quantitative estimate of drug-likeness (QED) is 0.869. The smallest absolute Gasteiger partial charge is 0.0884 e. The van der Waals surface area contributed by atoms with Crippen molar-refractivity contribution in [3.8, 4) is 0 Å². The average molecular weight is 280 g/mol. The number of fused-ring (bicyclic) bond motifs is 1. The molecule has 1 N–H and O–H groups in total. The highest BCUT2D eigenvalue weighted by atomic mass is 79.9. The summed E-state index contributed by atoms with van der Waals surface area (Å²) in [6, 6.07) is 4.35. The fourth-order valence-electron chi connectivity index (χ4n) is 2.49. The molecule has 0 amide bonds. The number of nitrogens with one attached hydrogen (secondary N) is 1. The van der Waals surface area contributed by atoms with E-state index in [-0.39, 0.29) is 0 Å². The predicted molar refractivity (Wildman–Crippen MR) is 68.6 cm³/mol. The van der Waals surface area contributed by atoms with Crippen molar-refractivity contribution in [1.29, 1.82) is 0 Å². The fraction of sp³-hybridized carbons (Fsp3) is 0.417. The summed E-state index contributed by atoms with van der Waals surface area (Å²) in [7, 11) is 2.13. The number of hydrogen-bond donors (Lipinski definition) is 1. The summed E-state index contributed by atoms with van der Waals surface area (Å²) in [4.78, 5) is 4.45. The molecule has 0 saturated carbocycles. The maximum absolute atomic E-state index is 4.45. The van der Waals surface area contributed by atoms with E-state index in [1.54, 1.807) is 0 Å². The second kappa shape index (κ2) is 3.86. The topological polar surface area (TPSA) is 29.9 Å². The summed E-state index contributed by atoms with van der Waals surface area (Å²) < 4.78 is 3.31. The number of halogens is 1. The van der Waals surface area contributed by atoms with Crippen LogP contribution in [0.15, 0.2) is 22.8 Å². The molecule has 1 atom stereocenters. The van der Waals surface area contributed by atoms with Crippen LogP contribution in [0, 0.1) is 0 Å². The lowest BCUT2D eigenvalue weighted by molar-refractivity contribution is 0.694. The molecule has 84 valence electrons. The molecule has 0 bridgehead atoms. The van der Waals surface area contributed by atoms with Crippen LogP contribution in [-0.2, 0) is 7.05 Å². The highest BCUT2D eigenvalue weighted by molar-refractivity contribution is 9.10. The maximum atomic E-state index is 4.45. The lowest BCUT2D eigenvalue weighted by Gasteiger charge is -2.09. The normalized spacial score (nSPS) is 20.8. The molecule has 3 rings (SSSR count). The highest BCUT2D eigenvalue weighted by Crippen LogP contribution is 2.28. The second-order valence-electron chi connectivity index (χ2n) is 4.38. The Morgan fingerprint density at radius 1 is 1.50 bits per heavy atom. The first kappa shape index (κ1) is 10.3. The molecule has 0 spiro atoms. The molecule has 1 fully saturated rings. The summed E-state index contributed by atoms with van der Waals surface area (Å²) >= 11 is 3.47. The first-order valence-electron chi connectivity index (χ1n) is 5.57. The van der Waals surface area contributed by atoms with Crippen LogP contribution in [-0.4, -0.2) is 22.6 Å². The number of pyridine rings is 1. The van der Waals surface area contributed by atoms with Crippen molar-refractivity contribution >= 4 is 27.0 Å². The van der Waals surface area contributed by atoms with E-state index in [4.69, 9.17) is 0 Å². The Morgan fingerprint density at radius 3 is 3.12 bits per heavy atom. The summed E-state index contributed by atoms with van der Waals surface area (Å²) in [5, 5.41) is 3.41. The number of aromatic nitrogens is 2. The zero-order chi connectivity index (χ0) is 11.1. The van der Waals surface area contributed by atoms with E-state index in [2.05, 4.69) is 50.0 Å². The van der Waals surface area contributed by atoms with Gasteiger partial charge in [0.1, 0.15) is 0 Å². The number of aryl methyl sites for hydroxylation is 1. The minimum Gasteiger partial charge on any atom is -0.346 e. The van der Waals surface area contributed by atoms with Gasteiger partial charge < -0.3 is 9.88 Å². The van der Waals surface area contributed by atoms with Crippen LogP contribution in [0.2, 0.25) is 0 Å². The summed E-state index contributed by atoms with van der Waals surface area (Å²) in [6.45, 7) is 2.22. The first-order valence-corrected chi connectivity index (χ1v) is 6.36. The Morgan fingerprint density at radius 2 is 2.38 bits per heavy atom. The van der Waals surface area contributed by atoms with E-state index in [0.717, 1.165) is 23.1 Å². The minimum atomic E-state index is 0.637. The van der Waals surface area contributed by atoms with Gasteiger partial charge in [0, 0.05) is 35.9 Å². The van der Waals surface area contributed by atoms with Crippen molar-refractivity contribution in [2.24, 2.45) is 7.05 Å². The lowest BCUT2D eigenvalue weighted by Crippen LogP contribution is -2.10. The van der Waals surface area contributed by atoms with Gasteiger partial charge in [-0.1, -0.05) is 0 Å². The van der Waals surface area contributed by atoms with Gasteiger partial charge in [0.2, 0.25) is 0 Å². The Hall–Kier alpha value is -0.870. The molecule has 2 aromatic rings. The van der Waals surface area contributed by atoms with Crippen molar-refractivity contribution in [1.82, 2.24) is 14.9 Å². The highest BCUT2D eigenvalue weighted by Gasteiger charge is 2.20. The molecule has 16 heavy (non-hydrogen) atoms. The van der Waals surface area contributed by atoms with E-state index in [1.807, 2.05) is 6.20 Å². The van der Waals surface area contributed by atoms with Gasteiger partial charge in [-0.2, -0.15) is 0 Å². The van der Waals surface area contributed by atoms with Gasteiger partial charge in [-0.05, 0) is 41.0 Å². The van der Waals surface area contributed by atoms with Gasteiger partial charge in [-0.25, -0.2) is 0 Å². The molecule has 4 heteroatoms. The van der Waals surface area contributed by atoms with Crippen LogP contribution in [0.4, 0.5) is 0 Å². The fourth-order valence-corrected chi connectivity index (χ4v) is 2.81. The molecule has 3 nitrogen and oxygen atoms in total. The Kier molecular flexibility index (Phi) is 2.48. The molecule has 3 heterocycles. The predicted octanol–water partition coefficient (Wildman–Crippen LogP) is 2.41. The summed E-state index contributed by atoms with van der Waals surface area (Å²) in [6.07, 6.45) is 3.09. The van der Waals surface area contributed by atoms with Crippen LogP contribution < -0.4 is 5.32 Å². The minimum absolute atomic E-state index is 0.637. The van der Waals surface area contributed by atoms with Crippen molar-refractivity contribution in [2.75, 3.05) is 13.1 Å². The van der Waals surface area contributed by atoms with E-state index in [9.17, 15) is 0 Å². The summed E-state index contributed by atoms with van der Waals surface area (Å²) in [5.74, 6) is 0.637. The van der Waals surface area contributed by atoms with E-state index in [1.165, 1.54) is 17.6 Å². The molecule has 1 saturated heterocycles. The molecule has 0 aromatic carbocycles. The molecule has 2 aromatic heterocycles. The number of rotatable bonds is 1.